The van der Waals surface area contributed by atoms with E-state index < -0.39 is 10.9 Å². The maximum absolute atomic E-state index is 11.8. The number of hydroxylamine groups is 1. The first kappa shape index (κ1) is 20.5. The number of aromatic nitrogens is 1. The Hall–Kier alpha value is -2.25. The van der Waals surface area contributed by atoms with Crippen molar-refractivity contribution in [2.75, 3.05) is 30.3 Å². The first-order valence-corrected chi connectivity index (χ1v) is 10.3. The Bertz CT molecular complexity index is 781. The molecule has 3 N–H and O–H groups in total. The molecule has 3 rings (SSSR count). The Morgan fingerprint density at radius 2 is 1.64 bits per heavy atom. The Morgan fingerprint density at radius 3 is 2.43 bits per heavy atom. The highest BCUT2D eigenvalue weighted by molar-refractivity contribution is 5.78. The molecule has 7 nitrogen and oxygen atoms in total. The summed E-state index contributed by atoms with van der Waals surface area (Å²) in [6.45, 7) is 2.32. The smallest absolute Gasteiger partial charge is 0.253 e. The van der Waals surface area contributed by atoms with Crippen LogP contribution >= 0.6 is 0 Å². The maximum atomic E-state index is 11.8. The van der Waals surface area contributed by atoms with E-state index in [1.807, 2.05) is 0 Å². The third kappa shape index (κ3) is 5.87. The molecule has 152 valence electrons. The van der Waals surface area contributed by atoms with E-state index in [1.165, 1.54) is 32.1 Å². The van der Waals surface area contributed by atoms with Gasteiger partial charge < -0.3 is 15.5 Å². The van der Waals surface area contributed by atoms with Gasteiger partial charge in [0.15, 0.2) is 0 Å². The Morgan fingerprint density at radius 1 is 0.929 bits per heavy atom. The van der Waals surface area contributed by atoms with E-state index in [-0.39, 0.29) is 0 Å². The van der Waals surface area contributed by atoms with Gasteiger partial charge >= 0.3 is 0 Å². The molecule has 0 bridgehead atoms. The molecule has 0 radical (unpaired) electrons. The lowest BCUT2D eigenvalue weighted by Gasteiger charge is -2.21. The number of anilines is 3. The molecular weight excluding hydrogens is 356 g/mol. The van der Waals surface area contributed by atoms with Gasteiger partial charge in [-0.15, -0.1) is 0 Å². The molecule has 1 aliphatic carbocycles. The van der Waals surface area contributed by atoms with Crippen LogP contribution in [0.3, 0.4) is 0 Å². The van der Waals surface area contributed by atoms with Gasteiger partial charge in [0.25, 0.3) is 10.9 Å². The third-order valence-electron chi connectivity index (χ3n) is 5.26. The van der Waals surface area contributed by atoms with Crippen molar-refractivity contribution >= 4 is 17.1 Å². The highest BCUT2D eigenvalue weighted by atomic mass is 16.6. The second kappa shape index (κ2) is 10.9. The van der Waals surface area contributed by atoms with Crippen LogP contribution in [-0.4, -0.2) is 24.7 Å². The highest BCUT2D eigenvalue weighted by Crippen LogP contribution is 2.23. The molecule has 7 heteroatoms. The van der Waals surface area contributed by atoms with Gasteiger partial charge in [-0.05, 0) is 43.7 Å². The Labute approximate surface area is 165 Å². The topological polar surface area (TPSA) is 92.3 Å². The zero-order valence-corrected chi connectivity index (χ0v) is 16.3. The van der Waals surface area contributed by atoms with Crippen LogP contribution < -0.4 is 27.0 Å². The van der Waals surface area contributed by atoms with Gasteiger partial charge in [-0.3, -0.25) is 14.6 Å². The first-order valence-electron chi connectivity index (χ1n) is 10.3. The van der Waals surface area contributed by atoms with Crippen LogP contribution in [-0.2, 0) is 4.84 Å². The highest BCUT2D eigenvalue weighted by Gasteiger charge is 2.20. The molecule has 0 unspecified atom stereocenters. The molecule has 0 atom stereocenters. The summed E-state index contributed by atoms with van der Waals surface area (Å²) in [7, 11) is 0. The summed E-state index contributed by atoms with van der Waals surface area (Å²) in [5.74, 6) is 0.719. The van der Waals surface area contributed by atoms with Crippen molar-refractivity contribution in [2.45, 2.75) is 51.4 Å². The fourth-order valence-corrected chi connectivity index (χ4v) is 3.57. The summed E-state index contributed by atoms with van der Waals surface area (Å²) in [5.41, 5.74) is 3.60. The fraction of sp³-hybridized carbons (Fsp3) is 0.571. The van der Waals surface area contributed by atoms with Gasteiger partial charge in [-0.25, -0.2) is 5.48 Å². The van der Waals surface area contributed by atoms with Crippen LogP contribution in [0, 0.1) is 5.92 Å². The number of pyridine rings is 1. The van der Waals surface area contributed by atoms with Crippen molar-refractivity contribution in [3.8, 4) is 0 Å². The predicted molar refractivity (Wildman–Crippen MR) is 112 cm³/mol. The standard InChI is InChI=1S/C21H30N4O3/c26-20-18(19(21(20)27)25-17-9-13-22-14-10-17)23-11-5-2-6-12-24-28-15-16-7-3-1-4-8-16/h9-10,13-14,16,23-24H,1-8,11-12,15H2,(H,22,25). The van der Waals surface area contributed by atoms with Crippen molar-refractivity contribution in [3.63, 3.8) is 0 Å². The number of hydrogen-bond acceptors (Lipinski definition) is 7. The lowest BCUT2D eigenvalue weighted by atomic mass is 9.90. The second-order valence-corrected chi connectivity index (χ2v) is 7.47. The molecule has 1 aromatic heterocycles. The van der Waals surface area contributed by atoms with E-state index in [0.29, 0.717) is 17.9 Å². The summed E-state index contributed by atoms with van der Waals surface area (Å²) < 4.78 is 0. The quantitative estimate of drug-likeness (QED) is 0.293. The normalized spacial score (nSPS) is 15.0. The molecule has 28 heavy (non-hydrogen) atoms. The third-order valence-corrected chi connectivity index (χ3v) is 5.26. The average molecular weight is 386 g/mol. The van der Waals surface area contributed by atoms with Crippen LogP contribution in [0.4, 0.5) is 17.1 Å². The molecule has 2 aromatic rings. The predicted octanol–water partition coefficient (Wildman–Crippen LogP) is 3.10. The molecule has 0 saturated heterocycles. The van der Waals surface area contributed by atoms with E-state index in [9.17, 15) is 9.59 Å². The summed E-state index contributed by atoms with van der Waals surface area (Å²) in [5, 5.41) is 6.09. The summed E-state index contributed by atoms with van der Waals surface area (Å²) in [6, 6.07) is 3.51. The molecular formula is C21H30N4O3. The summed E-state index contributed by atoms with van der Waals surface area (Å²) in [6.07, 6.45) is 12.9. The minimum Gasteiger partial charge on any atom is -0.380 e. The van der Waals surface area contributed by atoms with Gasteiger partial charge in [-0.1, -0.05) is 25.7 Å². The van der Waals surface area contributed by atoms with E-state index in [1.54, 1.807) is 24.5 Å². The molecule has 0 amide bonds. The van der Waals surface area contributed by atoms with Crippen LogP contribution in [0.2, 0.25) is 0 Å². The lowest BCUT2D eigenvalue weighted by Crippen LogP contribution is -2.36. The Balaban J connectivity index is 1.26. The van der Waals surface area contributed by atoms with Crippen molar-refractivity contribution in [2.24, 2.45) is 5.92 Å². The van der Waals surface area contributed by atoms with Gasteiger partial charge in [0.1, 0.15) is 11.4 Å². The number of hydrogen-bond donors (Lipinski definition) is 3. The lowest BCUT2D eigenvalue weighted by molar-refractivity contribution is 0.00865. The average Bonchev–Trinajstić information content (AvgIpc) is 2.75. The molecule has 1 aromatic carbocycles. The fourth-order valence-electron chi connectivity index (χ4n) is 3.57. The monoisotopic (exact) mass is 386 g/mol. The molecule has 1 fully saturated rings. The molecule has 0 spiro atoms. The Kier molecular flexibility index (Phi) is 7.99. The van der Waals surface area contributed by atoms with Crippen LogP contribution in [0.15, 0.2) is 34.1 Å². The minimum absolute atomic E-state index is 0.342. The minimum atomic E-state index is -0.473. The largest absolute Gasteiger partial charge is 0.380 e. The SMILES string of the molecule is O=c1c(NCCCCCNOCC2CCCCC2)c(Nc2ccncc2)c1=O. The van der Waals surface area contributed by atoms with Crippen molar-refractivity contribution < 1.29 is 4.84 Å². The molecule has 1 aliphatic rings. The van der Waals surface area contributed by atoms with E-state index >= 15 is 0 Å². The molecule has 1 saturated carbocycles. The van der Waals surface area contributed by atoms with E-state index in [2.05, 4.69) is 21.1 Å². The van der Waals surface area contributed by atoms with Crippen molar-refractivity contribution in [1.82, 2.24) is 10.5 Å². The van der Waals surface area contributed by atoms with Crippen molar-refractivity contribution in [1.29, 1.82) is 0 Å². The van der Waals surface area contributed by atoms with Crippen LogP contribution in [0.1, 0.15) is 51.4 Å². The summed E-state index contributed by atoms with van der Waals surface area (Å²) >= 11 is 0. The van der Waals surface area contributed by atoms with E-state index in [4.69, 9.17) is 4.84 Å². The molecule has 0 aliphatic heterocycles. The van der Waals surface area contributed by atoms with Gasteiger partial charge in [-0.2, -0.15) is 0 Å². The van der Waals surface area contributed by atoms with Crippen LogP contribution in [0.5, 0.6) is 0 Å². The first-order chi connectivity index (χ1) is 13.8. The second-order valence-electron chi connectivity index (χ2n) is 7.47. The summed E-state index contributed by atoms with van der Waals surface area (Å²) in [4.78, 5) is 33.1. The number of nitrogens with one attached hydrogen (secondary N) is 3. The van der Waals surface area contributed by atoms with Gasteiger partial charge in [0.2, 0.25) is 0 Å². The maximum Gasteiger partial charge on any atom is 0.253 e. The number of nitrogens with zero attached hydrogens (tertiary/aromatic N) is 1. The number of rotatable bonds is 12. The van der Waals surface area contributed by atoms with Crippen molar-refractivity contribution in [3.05, 3.63) is 45.0 Å². The molecule has 1 heterocycles. The van der Waals surface area contributed by atoms with Crippen LogP contribution in [0.25, 0.3) is 0 Å². The number of unbranched alkanes of at least 4 members (excludes halogenated alkanes) is 2. The zero-order valence-electron chi connectivity index (χ0n) is 16.3. The van der Waals surface area contributed by atoms with E-state index in [0.717, 1.165) is 44.0 Å². The van der Waals surface area contributed by atoms with Gasteiger partial charge in [0, 0.05) is 31.2 Å². The zero-order chi connectivity index (χ0) is 19.6. The van der Waals surface area contributed by atoms with Gasteiger partial charge in [0.05, 0.1) is 6.61 Å².